The first kappa shape index (κ1) is 73.1. The van der Waals surface area contributed by atoms with Crippen LogP contribution in [0.2, 0.25) is 0 Å². The summed E-state index contributed by atoms with van der Waals surface area (Å²) >= 11 is 0. The number of hydrogen-bond donors (Lipinski definition) is 14. The fraction of sp³-hybridized carbons (Fsp3) is 0.655. The van der Waals surface area contributed by atoms with Crippen molar-refractivity contribution in [3.8, 4) is 5.75 Å². The van der Waals surface area contributed by atoms with Crippen molar-refractivity contribution in [1.29, 1.82) is 0 Å². The van der Waals surface area contributed by atoms with Crippen molar-refractivity contribution in [1.82, 2.24) is 47.4 Å². The number of amides is 9. The molecule has 0 aliphatic carbocycles. The number of esters is 1. The number of carbonyl (C=O) groups excluding carboxylic acids is 10. The van der Waals surface area contributed by atoms with Gasteiger partial charge in [-0.1, -0.05) is 112 Å². The molecule has 1 aliphatic rings. The summed E-state index contributed by atoms with van der Waals surface area (Å²) in [7, 11) is 1.40. The number of aliphatic hydroxyl groups is 5. The number of aromatic hydroxyl groups is 1. The minimum Gasteiger partial charge on any atom is -0.508 e. The van der Waals surface area contributed by atoms with Crippen LogP contribution in [0.1, 0.15) is 119 Å². The van der Waals surface area contributed by atoms with Gasteiger partial charge in [0, 0.05) is 26.0 Å². The van der Waals surface area contributed by atoms with Crippen LogP contribution in [-0.2, 0) is 59.1 Å². The summed E-state index contributed by atoms with van der Waals surface area (Å²) in [4.78, 5) is 135. The summed E-state index contributed by atoms with van der Waals surface area (Å²) < 4.78 is 5.64. The van der Waals surface area contributed by atoms with Crippen LogP contribution in [0, 0.1) is 23.7 Å². The van der Waals surface area contributed by atoms with Gasteiger partial charge in [-0.05, 0) is 54.2 Å². The molecule has 11 atom stereocenters. The fourth-order valence-corrected chi connectivity index (χ4v) is 8.72. The Kier molecular flexibility index (Phi) is 32.5. The molecule has 9 amide bonds. The highest BCUT2D eigenvalue weighted by molar-refractivity contribution is 5.95. The van der Waals surface area contributed by atoms with Crippen LogP contribution in [0.5, 0.6) is 5.75 Å². The van der Waals surface area contributed by atoms with Gasteiger partial charge in [0.2, 0.25) is 53.2 Å². The van der Waals surface area contributed by atoms with E-state index in [1.807, 2.05) is 6.08 Å². The molecule has 84 heavy (non-hydrogen) atoms. The molecule has 26 heteroatoms. The highest BCUT2D eigenvalue weighted by Crippen LogP contribution is 2.18. The largest absolute Gasteiger partial charge is 0.508 e. The average molecular weight is 1190 g/mol. The monoisotopic (exact) mass is 1190 g/mol. The van der Waals surface area contributed by atoms with Gasteiger partial charge in [0.05, 0.1) is 63.0 Å². The van der Waals surface area contributed by atoms with Crippen molar-refractivity contribution < 1.29 is 83.3 Å². The van der Waals surface area contributed by atoms with Crippen molar-refractivity contribution in [2.24, 2.45) is 23.7 Å². The maximum absolute atomic E-state index is 13.9. The first-order valence-electron chi connectivity index (χ1n) is 28.7. The molecule has 2 rings (SSSR count). The molecule has 14 N–H and O–H groups in total. The first-order chi connectivity index (χ1) is 39.6. The second kappa shape index (κ2) is 37.3. The molecule has 26 nitrogen and oxygen atoms in total. The summed E-state index contributed by atoms with van der Waals surface area (Å²) in [6.07, 6.45) is 5.81. The Morgan fingerprint density at radius 1 is 0.667 bits per heavy atom. The van der Waals surface area contributed by atoms with Crippen LogP contribution in [0.15, 0.2) is 48.6 Å². The van der Waals surface area contributed by atoms with Gasteiger partial charge < -0.3 is 82.8 Å². The van der Waals surface area contributed by atoms with E-state index in [0.29, 0.717) is 5.56 Å². The van der Waals surface area contributed by atoms with Crippen LogP contribution >= 0.6 is 0 Å². The number of phenols is 1. The third-order valence-corrected chi connectivity index (χ3v) is 14.0. The quantitative estimate of drug-likeness (QED) is 0.0223. The normalized spacial score (nSPS) is 18.9. The smallest absolute Gasteiger partial charge is 0.329 e. The molecule has 472 valence electrons. The maximum Gasteiger partial charge on any atom is 0.329 e. The van der Waals surface area contributed by atoms with E-state index in [9.17, 15) is 78.6 Å². The Hall–Kier alpha value is -7.00. The third-order valence-electron chi connectivity index (χ3n) is 14.0. The van der Waals surface area contributed by atoms with Crippen LogP contribution < -0.4 is 42.5 Å². The molecule has 0 bridgehead atoms. The molecular weight excluding hydrogens is 1090 g/mol. The van der Waals surface area contributed by atoms with Crippen molar-refractivity contribution in [2.45, 2.75) is 187 Å². The van der Waals surface area contributed by atoms with Crippen LogP contribution in [0.4, 0.5) is 0 Å². The molecule has 0 saturated carbocycles. The molecule has 11 unspecified atom stereocenters. The molecule has 1 aromatic rings. The number of allylic oxidation sites excluding steroid dienone is 1. The molecule has 1 heterocycles. The number of ether oxygens (including phenoxy) is 1. The number of hydrogen-bond acceptors (Lipinski definition) is 17. The van der Waals surface area contributed by atoms with Gasteiger partial charge in [0.15, 0.2) is 0 Å². The zero-order chi connectivity index (χ0) is 63.4. The third kappa shape index (κ3) is 25.1. The van der Waals surface area contributed by atoms with E-state index in [2.05, 4.69) is 49.5 Å². The summed E-state index contributed by atoms with van der Waals surface area (Å²) in [5.41, 5.74) is 0.581. The summed E-state index contributed by atoms with van der Waals surface area (Å²) in [6.45, 7) is 12.0. The van der Waals surface area contributed by atoms with Crippen LogP contribution in [0.25, 0.3) is 0 Å². The second-order valence-electron chi connectivity index (χ2n) is 22.4. The lowest BCUT2D eigenvalue weighted by molar-refractivity contribution is -0.156. The average Bonchev–Trinajstić information content (AvgIpc) is 3.57. The summed E-state index contributed by atoms with van der Waals surface area (Å²) in [5, 5.41) is 82.3. The van der Waals surface area contributed by atoms with Crippen molar-refractivity contribution in [3.05, 3.63) is 54.1 Å². The number of aliphatic hydroxyl groups excluding tert-OH is 5. The Bertz CT molecular complexity index is 2380. The predicted octanol–water partition coefficient (Wildman–Crippen LogP) is -1.23. The lowest BCUT2D eigenvalue weighted by atomic mass is 9.99. The van der Waals surface area contributed by atoms with Gasteiger partial charge in [0.25, 0.3) is 0 Å². The number of benzene rings is 1. The molecule has 0 saturated heterocycles. The lowest BCUT2D eigenvalue weighted by Crippen LogP contribution is -2.59. The minimum absolute atomic E-state index is 0.0157. The standard InChI is InChI=1S/C58H93N9O17/c1-11-12-13-14-15-16-17-18-45(74)60-41(30-70)53(78)66-51(34(6)7)56(81)62-40(29-69)44(73)27-48(77)65-50(33(4)5)55(80)61-39(28-68)43(72)26-47(76)64-49(32(2)3)54(79)59-37-21-24-46(75)63-52(35(8)9)57(82)67(10)42(58(83)84-31-37)25-36-19-22-38(71)23-20-36/h16-17,19-24,32-35,37,39-44,49-52,68-73H,11-15,18,25-31H2,1-10H3,(H,59,79)(H,60,74)(H,61,80)(H,62,81)(H,63,75)(H,64,76)(H,65,77)(H,66,78). The van der Waals surface area contributed by atoms with E-state index in [0.717, 1.165) is 38.2 Å². The van der Waals surface area contributed by atoms with E-state index in [1.165, 1.54) is 30.2 Å². The van der Waals surface area contributed by atoms with Crippen molar-refractivity contribution in [2.75, 3.05) is 33.5 Å². The van der Waals surface area contributed by atoms with E-state index in [-0.39, 0.29) is 18.6 Å². The second-order valence-corrected chi connectivity index (χ2v) is 22.4. The van der Waals surface area contributed by atoms with Gasteiger partial charge in [-0.25, -0.2) is 4.79 Å². The van der Waals surface area contributed by atoms with E-state index in [1.54, 1.807) is 73.6 Å². The first-order valence-corrected chi connectivity index (χ1v) is 28.7. The van der Waals surface area contributed by atoms with Gasteiger partial charge in [-0.3, -0.25) is 43.2 Å². The van der Waals surface area contributed by atoms with E-state index >= 15 is 0 Å². The number of nitrogens with zero attached hydrogens (tertiary/aromatic N) is 1. The number of cyclic esters (lactones) is 1. The molecule has 0 spiro atoms. The molecule has 0 aromatic heterocycles. The molecule has 0 radical (unpaired) electrons. The number of rotatable bonds is 33. The van der Waals surface area contributed by atoms with Gasteiger partial charge in [0.1, 0.15) is 48.6 Å². The lowest BCUT2D eigenvalue weighted by Gasteiger charge is -2.32. The fourth-order valence-electron chi connectivity index (χ4n) is 8.72. The molecular formula is C58H93N9O17. The molecule has 0 fully saturated rings. The number of unbranched alkanes of at least 4 members (excludes halogenated alkanes) is 4. The Balaban J connectivity index is 2.11. The highest BCUT2D eigenvalue weighted by atomic mass is 16.5. The number of carbonyl (C=O) groups is 10. The summed E-state index contributed by atoms with van der Waals surface area (Å²) in [5.74, 6) is -10.1. The van der Waals surface area contributed by atoms with Crippen molar-refractivity contribution >= 4 is 59.1 Å². The minimum atomic E-state index is -1.76. The van der Waals surface area contributed by atoms with Crippen molar-refractivity contribution in [3.63, 3.8) is 0 Å². The van der Waals surface area contributed by atoms with E-state index < -0.39 is 189 Å². The van der Waals surface area contributed by atoms with E-state index in [4.69, 9.17) is 4.74 Å². The topological polar surface area (TPSA) is 401 Å². The number of likely N-dealkylation sites (N-methyl/N-ethyl adjacent to an activating group) is 1. The Morgan fingerprint density at radius 3 is 1.68 bits per heavy atom. The number of phenolic OH excluding ortho intramolecular Hbond substituents is 1. The zero-order valence-corrected chi connectivity index (χ0v) is 50.1. The Morgan fingerprint density at radius 2 is 1.19 bits per heavy atom. The zero-order valence-electron chi connectivity index (χ0n) is 50.1. The predicted molar refractivity (Wildman–Crippen MR) is 308 cm³/mol. The molecule has 1 aromatic carbocycles. The Labute approximate surface area is 492 Å². The number of nitrogens with one attached hydrogen (secondary N) is 8. The van der Waals surface area contributed by atoms with Crippen LogP contribution in [0.3, 0.4) is 0 Å². The van der Waals surface area contributed by atoms with Gasteiger partial charge >= 0.3 is 5.97 Å². The van der Waals surface area contributed by atoms with Crippen LogP contribution in [-0.4, -0.2) is 195 Å². The van der Waals surface area contributed by atoms with Gasteiger partial charge in [-0.15, -0.1) is 0 Å². The maximum atomic E-state index is 13.9. The highest BCUT2D eigenvalue weighted by Gasteiger charge is 2.38. The molecule has 1 aliphatic heterocycles. The summed E-state index contributed by atoms with van der Waals surface area (Å²) in [6, 6.07) is -5.72. The SMILES string of the molecule is CCCCCCC=CCC(=O)NC(CO)C(=O)NC(C(=O)NC(CO)C(O)CC(=O)NC(C(=O)NC(CO)C(O)CC(=O)NC(C(=O)NC1C=CC(=O)NC(C(C)C)C(=O)N(C)C(Cc2ccc(O)cc2)C(=O)OC1)C(C)C)C(C)C)C(C)C. The van der Waals surface area contributed by atoms with Gasteiger partial charge in [-0.2, -0.15) is 0 Å².